The second kappa shape index (κ2) is 11.7. The highest BCUT2D eigenvalue weighted by molar-refractivity contribution is 6.89. The molecule has 0 aromatic rings. The Balaban J connectivity index is 5.01. The van der Waals surface area contributed by atoms with Crippen molar-refractivity contribution in [2.45, 2.75) is 96.9 Å². The van der Waals surface area contributed by atoms with Crippen molar-refractivity contribution in [3.63, 3.8) is 0 Å². The summed E-state index contributed by atoms with van der Waals surface area (Å²) in [4.78, 5) is 11.6. The Morgan fingerprint density at radius 3 is 1.86 bits per heavy atom. The summed E-state index contributed by atoms with van der Waals surface area (Å²) in [6, 6.07) is 3.04. The van der Waals surface area contributed by atoms with E-state index in [1.54, 1.807) is 6.92 Å². The van der Waals surface area contributed by atoms with Crippen molar-refractivity contribution >= 4 is 48.5 Å². The second-order valence-corrected chi connectivity index (χ2v) is 30.4. The Morgan fingerprint density at radius 1 is 0.862 bits per heavy atom. The van der Waals surface area contributed by atoms with Crippen molar-refractivity contribution in [3.05, 3.63) is 12.2 Å². The van der Waals surface area contributed by atoms with Gasteiger partial charge in [0.2, 0.25) is 0 Å². The quantitative estimate of drug-likeness (QED) is 0.131. The van der Waals surface area contributed by atoms with Crippen molar-refractivity contribution in [3.8, 4) is 0 Å². The number of carbonyl (C=O) groups excluding carboxylic acids is 1. The summed E-state index contributed by atoms with van der Waals surface area (Å²) < 4.78 is 25.2. The van der Waals surface area contributed by atoms with Crippen LogP contribution in [0, 0.1) is 0 Å². The van der Waals surface area contributed by atoms with E-state index >= 15 is 0 Å². The first kappa shape index (κ1) is 29.2. The summed E-state index contributed by atoms with van der Waals surface area (Å²) in [6.07, 6.45) is 0.817. The molecular weight excluding hydrogens is 449 g/mol. The van der Waals surface area contributed by atoms with E-state index in [4.69, 9.17) is 17.1 Å². The van der Waals surface area contributed by atoms with Crippen LogP contribution in [-0.4, -0.2) is 55.1 Å². The summed E-state index contributed by atoms with van der Waals surface area (Å²) in [5.41, 5.74) is 0.444. The highest BCUT2D eigenvalue weighted by Crippen LogP contribution is 2.30. The monoisotopic (exact) mass is 494 g/mol. The second-order valence-electron chi connectivity index (χ2n) is 10.7. The number of ether oxygens (including phenoxy) is 1. The van der Waals surface area contributed by atoms with Gasteiger partial charge >= 0.3 is 14.5 Å². The van der Waals surface area contributed by atoms with Gasteiger partial charge in [0.05, 0.1) is 6.61 Å². The van der Waals surface area contributed by atoms with E-state index in [1.165, 1.54) is 0 Å². The van der Waals surface area contributed by atoms with Crippen LogP contribution >= 0.6 is 0 Å². The maximum absolute atomic E-state index is 11.6. The third-order valence-electron chi connectivity index (χ3n) is 4.25. The molecule has 0 fully saturated rings. The molecule has 10 heteroatoms. The zero-order chi connectivity index (χ0) is 23.1. The molecule has 0 saturated carbocycles. The topological polar surface area (TPSA) is 54.0 Å². The molecule has 0 saturated heterocycles. The molecule has 0 aromatic carbocycles. The third-order valence-corrected chi connectivity index (χ3v) is 21.5. The summed E-state index contributed by atoms with van der Waals surface area (Å²) in [6.45, 7) is 28.3. The molecule has 0 aliphatic heterocycles. The van der Waals surface area contributed by atoms with E-state index in [1.807, 2.05) is 0 Å². The molecule has 29 heavy (non-hydrogen) atoms. The molecule has 172 valence electrons. The zero-order valence-electron chi connectivity index (χ0n) is 20.9. The van der Waals surface area contributed by atoms with E-state index in [2.05, 4.69) is 72.0 Å². The van der Waals surface area contributed by atoms with Crippen molar-refractivity contribution in [2.24, 2.45) is 0 Å². The highest BCUT2D eigenvalue weighted by Gasteiger charge is 2.43. The number of carbonyl (C=O) groups is 1. The number of rotatable bonds is 14. The van der Waals surface area contributed by atoms with Crippen LogP contribution in [0.3, 0.4) is 0 Å². The predicted molar refractivity (Wildman–Crippen MR) is 137 cm³/mol. The van der Waals surface area contributed by atoms with E-state index in [9.17, 15) is 4.79 Å². The van der Waals surface area contributed by atoms with E-state index in [0.717, 1.165) is 24.6 Å². The molecule has 0 heterocycles. The molecule has 1 unspecified atom stereocenters. The molecule has 0 radical (unpaired) electrons. The van der Waals surface area contributed by atoms with Gasteiger partial charge < -0.3 is 17.1 Å². The fourth-order valence-corrected chi connectivity index (χ4v) is 25.8. The minimum absolute atomic E-state index is 0.312. The van der Waals surface area contributed by atoms with E-state index < -0.39 is 42.6 Å². The first-order valence-corrected chi connectivity index (χ1v) is 25.7. The highest BCUT2D eigenvalue weighted by atomic mass is 28.5. The Labute approximate surface area is 185 Å². The van der Waals surface area contributed by atoms with Gasteiger partial charge in [-0.1, -0.05) is 6.58 Å². The van der Waals surface area contributed by atoms with Crippen LogP contribution in [0.15, 0.2) is 12.2 Å². The Morgan fingerprint density at radius 2 is 1.41 bits per heavy atom. The fraction of sp³-hybridized carbons (Fsp3) is 0.842. The SMILES string of the molecule is C=C(C)C(=O)OCCC[Si](C)(C)O[Si](C)(CC[Si](C)(C)O[SiH](C)C)O[Si](C)(C)C. The third kappa shape index (κ3) is 14.8. The van der Waals surface area contributed by atoms with Gasteiger partial charge in [-0.2, -0.15) is 0 Å². The van der Waals surface area contributed by atoms with Crippen LogP contribution in [0.5, 0.6) is 0 Å². The van der Waals surface area contributed by atoms with Gasteiger partial charge in [-0.25, -0.2) is 4.79 Å². The summed E-state index contributed by atoms with van der Waals surface area (Å²) in [7, 11) is -8.69. The Bertz CT molecular complexity index is 546. The first-order valence-electron chi connectivity index (χ1n) is 10.8. The van der Waals surface area contributed by atoms with E-state index in [0.29, 0.717) is 12.2 Å². The van der Waals surface area contributed by atoms with Crippen molar-refractivity contribution in [2.75, 3.05) is 6.61 Å². The average Bonchev–Trinajstić information content (AvgIpc) is 2.45. The minimum Gasteiger partial charge on any atom is -0.462 e. The van der Waals surface area contributed by atoms with Crippen LogP contribution < -0.4 is 0 Å². The van der Waals surface area contributed by atoms with Crippen molar-refractivity contribution in [1.82, 2.24) is 0 Å². The van der Waals surface area contributed by atoms with Gasteiger partial charge in [0.1, 0.15) is 0 Å². The smallest absolute Gasteiger partial charge is 0.333 e. The minimum atomic E-state index is -2.31. The molecule has 0 amide bonds. The lowest BCUT2D eigenvalue weighted by Gasteiger charge is -2.41. The van der Waals surface area contributed by atoms with Gasteiger partial charge in [0, 0.05) is 5.57 Å². The van der Waals surface area contributed by atoms with Gasteiger partial charge in [0.15, 0.2) is 34.0 Å². The van der Waals surface area contributed by atoms with Gasteiger partial charge in [-0.15, -0.1) is 0 Å². The molecule has 0 N–H and O–H groups in total. The maximum Gasteiger partial charge on any atom is 0.333 e. The zero-order valence-corrected chi connectivity index (χ0v) is 26.0. The van der Waals surface area contributed by atoms with E-state index in [-0.39, 0.29) is 5.97 Å². The van der Waals surface area contributed by atoms with Crippen molar-refractivity contribution < 1.29 is 21.9 Å². The summed E-state index contributed by atoms with van der Waals surface area (Å²) >= 11 is 0. The van der Waals surface area contributed by atoms with Crippen molar-refractivity contribution in [1.29, 1.82) is 0 Å². The largest absolute Gasteiger partial charge is 0.462 e. The maximum atomic E-state index is 11.6. The Hall–Kier alpha value is 0.174. The summed E-state index contributed by atoms with van der Waals surface area (Å²) in [5.74, 6) is -0.312. The summed E-state index contributed by atoms with van der Waals surface area (Å²) in [5, 5.41) is 0. The standard InChI is InChI=1S/C19H46O5Si5/c1-18(2)19(20)21-14-13-15-28(10,11)24-29(12,23-26(5,6)7)17-16-27(8,9)22-25(3)4/h25H,1,13-17H2,2-12H3. The van der Waals surface area contributed by atoms with Crippen LogP contribution in [0.4, 0.5) is 0 Å². The average molecular weight is 495 g/mol. The van der Waals surface area contributed by atoms with Crippen LogP contribution in [0.1, 0.15) is 13.3 Å². The molecule has 0 aliphatic carbocycles. The lowest BCUT2D eigenvalue weighted by Crippen LogP contribution is -2.54. The molecule has 5 nitrogen and oxygen atoms in total. The van der Waals surface area contributed by atoms with Crippen LogP contribution in [0.25, 0.3) is 0 Å². The normalized spacial score (nSPS) is 15.3. The fourth-order valence-electron chi connectivity index (χ4n) is 3.42. The van der Waals surface area contributed by atoms with Crippen LogP contribution in [0.2, 0.25) is 83.6 Å². The molecule has 0 rings (SSSR count). The number of esters is 1. The Kier molecular flexibility index (Phi) is 11.8. The van der Waals surface area contributed by atoms with Gasteiger partial charge in [-0.05, 0) is 96.9 Å². The molecular formula is C19H46O5Si5. The molecule has 1 atom stereocenters. The predicted octanol–water partition coefficient (Wildman–Crippen LogP) is 5.85. The molecule has 0 aromatic heterocycles. The number of hydrogen-bond acceptors (Lipinski definition) is 5. The molecule has 0 spiro atoms. The lowest BCUT2D eigenvalue weighted by molar-refractivity contribution is -0.138. The van der Waals surface area contributed by atoms with Crippen LogP contribution in [-0.2, 0) is 21.9 Å². The van der Waals surface area contributed by atoms with Gasteiger partial charge in [0.25, 0.3) is 0 Å². The number of hydrogen-bond donors (Lipinski definition) is 0. The van der Waals surface area contributed by atoms with Gasteiger partial charge in [-0.3, -0.25) is 0 Å². The lowest BCUT2D eigenvalue weighted by atomic mass is 10.4. The molecule has 0 aliphatic rings. The first-order chi connectivity index (χ1) is 12.9. The molecule has 0 bridgehead atoms.